The van der Waals surface area contributed by atoms with Crippen LogP contribution in [0.1, 0.15) is 39.5 Å². The molecular weight excluding hydrogens is 406 g/mol. The van der Waals surface area contributed by atoms with Crippen LogP contribution < -0.4 is 4.90 Å². The van der Waals surface area contributed by atoms with Crippen LogP contribution in [-0.4, -0.2) is 54.6 Å². The number of hydrogen-bond donors (Lipinski definition) is 0. The molecule has 1 aromatic rings. The molecule has 2 aliphatic heterocycles. The minimum absolute atomic E-state index is 0.0236. The number of carbonyl (C=O) groups is 1. The minimum Gasteiger partial charge on any atom is -0.461 e. The lowest BCUT2D eigenvalue weighted by Gasteiger charge is -2.46. The number of nitrogens with zero attached hydrogens (tertiary/aromatic N) is 3. The first-order chi connectivity index (χ1) is 15.3. The van der Waals surface area contributed by atoms with Crippen molar-refractivity contribution in [1.82, 2.24) is 4.90 Å². The summed E-state index contributed by atoms with van der Waals surface area (Å²) in [5.41, 5.74) is 2.89. The minimum atomic E-state index is -0.368. The molecule has 4 aliphatic rings. The van der Waals surface area contributed by atoms with Crippen molar-refractivity contribution < 1.29 is 14.5 Å². The molecule has 7 heteroatoms. The van der Waals surface area contributed by atoms with Crippen molar-refractivity contribution in [2.75, 3.05) is 37.6 Å². The van der Waals surface area contributed by atoms with Crippen LogP contribution in [0.2, 0.25) is 0 Å². The molecule has 2 heterocycles. The van der Waals surface area contributed by atoms with Crippen LogP contribution in [0, 0.1) is 33.3 Å². The maximum absolute atomic E-state index is 12.8. The summed E-state index contributed by atoms with van der Waals surface area (Å²) in [6.07, 6.45) is 7.17. The molecule has 1 saturated carbocycles. The second-order valence-corrected chi connectivity index (χ2v) is 10.4. The van der Waals surface area contributed by atoms with Crippen LogP contribution in [0.5, 0.6) is 0 Å². The lowest BCUT2D eigenvalue weighted by atomic mass is 9.59. The van der Waals surface area contributed by atoms with Gasteiger partial charge in [0, 0.05) is 56.5 Å². The van der Waals surface area contributed by atoms with Crippen molar-refractivity contribution in [2.45, 2.75) is 45.6 Å². The number of rotatable bonds is 4. The molecule has 0 aromatic heterocycles. The molecule has 0 unspecified atom stereocenters. The summed E-state index contributed by atoms with van der Waals surface area (Å²) in [6.45, 7) is 8.92. The first kappa shape index (κ1) is 21.4. The fraction of sp³-hybridized carbons (Fsp3) is 0.640. The van der Waals surface area contributed by atoms with Crippen LogP contribution in [0.4, 0.5) is 11.4 Å². The molecule has 32 heavy (non-hydrogen) atoms. The SMILES string of the molecule is C[C@@H]1CCC[C@]2(C)C[C@@H]3OC(=O)[C@@H](CN4CCN(c5ccc([N+](=O)[O-])cc5)CC4)[C@@H]3C=C12. The van der Waals surface area contributed by atoms with E-state index in [2.05, 4.69) is 29.7 Å². The maximum atomic E-state index is 12.8. The lowest BCUT2D eigenvalue weighted by molar-refractivity contribution is -0.384. The Morgan fingerprint density at radius 2 is 1.91 bits per heavy atom. The zero-order valence-corrected chi connectivity index (χ0v) is 19.0. The zero-order chi connectivity index (χ0) is 22.5. The van der Waals surface area contributed by atoms with E-state index in [1.807, 2.05) is 12.1 Å². The van der Waals surface area contributed by atoms with Gasteiger partial charge in [0.1, 0.15) is 6.10 Å². The van der Waals surface area contributed by atoms with Crippen molar-refractivity contribution in [3.63, 3.8) is 0 Å². The highest BCUT2D eigenvalue weighted by molar-refractivity contribution is 5.76. The molecule has 1 aromatic carbocycles. The van der Waals surface area contributed by atoms with Gasteiger partial charge in [-0.05, 0) is 42.7 Å². The Morgan fingerprint density at radius 1 is 1.19 bits per heavy atom. The highest BCUT2D eigenvalue weighted by atomic mass is 16.6. The van der Waals surface area contributed by atoms with Crippen molar-refractivity contribution >= 4 is 17.3 Å². The number of benzene rings is 1. The standard InChI is InChI=1S/C25H33N3O4/c1-17-4-3-9-25(2)15-23-20(14-22(17)25)21(24(29)32-23)16-26-10-12-27(13-11-26)18-5-7-19(8-6-18)28(30)31/h5-8,14,17,20-21,23H,3-4,9-13,15-16H2,1-2H3/t17-,20+,21+,23+,25-/m1/s1. The third-order valence-electron chi connectivity index (χ3n) is 8.33. The second kappa shape index (κ2) is 8.18. The van der Waals surface area contributed by atoms with E-state index >= 15 is 0 Å². The van der Waals surface area contributed by atoms with Crippen molar-refractivity contribution in [3.05, 3.63) is 46.0 Å². The van der Waals surface area contributed by atoms with Gasteiger partial charge in [0.05, 0.1) is 10.8 Å². The summed E-state index contributed by atoms with van der Waals surface area (Å²) in [5.74, 6) is 0.719. The highest BCUT2D eigenvalue weighted by Gasteiger charge is 2.52. The number of non-ortho nitro benzene ring substituents is 1. The largest absolute Gasteiger partial charge is 0.461 e. The number of nitro benzene ring substituents is 1. The topological polar surface area (TPSA) is 75.9 Å². The molecule has 172 valence electrons. The normalized spacial score (nSPS) is 35.0. The molecule has 5 rings (SSSR count). The first-order valence-corrected chi connectivity index (χ1v) is 12.0. The van der Waals surface area contributed by atoms with Gasteiger partial charge < -0.3 is 9.64 Å². The molecule has 7 nitrogen and oxygen atoms in total. The van der Waals surface area contributed by atoms with E-state index in [4.69, 9.17) is 4.74 Å². The number of esters is 1. The van der Waals surface area contributed by atoms with Gasteiger partial charge in [-0.1, -0.05) is 31.9 Å². The first-order valence-electron chi connectivity index (χ1n) is 12.0. The monoisotopic (exact) mass is 439 g/mol. The van der Waals surface area contributed by atoms with Crippen LogP contribution in [-0.2, 0) is 9.53 Å². The van der Waals surface area contributed by atoms with Gasteiger partial charge in [0.15, 0.2) is 0 Å². The van der Waals surface area contributed by atoms with Gasteiger partial charge in [0.25, 0.3) is 5.69 Å². The van der Waals surface area contributed by atoms with E-state index in [0.717, 1.165) is 44.8 Å². The average Bonchev–Trinajstić information content (AvgIpc) is 3.06. The summed E-state index contributed by atoms with van der Waals surface area (Å²) in [5, 5.41) is 10.9. The number of nitro groups is 1. The molecule has 3 fully saturated rings. The fourth-order valence-electron chi connectivity index (χ4n) is 6.51. The van der Waals surface area contributed by atoms with Gasteiger partial charge in [-0.3, -0.25) is 19.8 Å². The number of allylic oxidation sites excluding steroid dienone is 1. The van der Waals surface area contributed by atoms with E-state index in [-0.39, 0.29) is 39.9 Å². The van der Waals surface area contributed by atoms with Crippen molar-refractivity contribution in [2.24, 2.45) is 23.2 Å². The lowest BCUT2D eigenvalue weighted by Crippen LogP contribution is -2.49. The van der Waals surface area contributed by atoms with Crippen LogP contribution in [0.3, 0.4) is 0 Å². The molecule has 2 saturated heterocycles. The molecule has 0 radical (unpaired) electrons. The fourth-order valence-corrected chi connectivity index (χ4v) is 6.51. The molecule has 0 spiro atoms. The Morgan fingerprint density at radius 3 is 2.59 bits per heavy atom. The summed E-state index contributed by atoms with van der Waals surface area (Å²) in [6, 6.07) is 6.77. The number of carbonyl (C=O) groups excluding carboxylic acids is 1. The van der Waals surface area contributed by atoms with E-state index in [1.165, 1.54) is 19.3 Å². The second-order valence-electron chi connectivity index (χ2n) is 10.4. The molecule has 0 N–H and O–H groups in total. The Hall–Kier alpha value is -2.41. The summed E-state index contributed by atoms with van der Waals surface area (Å²) >= 11 is 0. The molecule has 2 aliphatic carbocycles. The smallest absolute Gasteiger partial charge is 0.311 e. The molecule has 5 atom stereocenters. The van der Waals surface area contributed by atoms with Crippen molar-refractivity contribution in [1.29, 1.82) is 0 Å². The van der Waals surface area contributed by atoms with E-state index in [9.17, 15) is 14.9 Å². The third-order valence-corrected chi connectivity index (χ3v) is 8.33. The number of anilines is 1. The summed E-state index contributed by atoms with van der Waals surface area (Å²) < 4.78 is 5.91. The quantitative estimate of drug-likeness (QED) is 0.305. The van der Waals surface area contributed by atoms with Crippen molar-refractivity contribution in [3.8, 4) is 0 Å². The Balaban J connectivity index is 1.23. The Bertz CT molecular complexity index is 922. The Labute approximate surface area is 189 Å². The van der Waals surface area contributed by atoms with E-state index in [0.29, 0.717) is 5.92 Å². The van der Waals surface area contributed by atoms with E-state index in [1.54, 1.807) is 17.7 Å². The van der Waals surface area contributed by atoms with Gasteiger partial charge in [-0.15, -0.1) is 0 Å². The number of fused-ring (bicyclic) bond motifs is 2. The number of ether oxygens (including phenoxy) is 1. The Kier molecular flexibility index (Phi) is 5.48. The average molecular weight is 440 g/mol. The maximum Gasteiger partial charge on any atom is 0.311 e. The molecule has 0 bridgehead atoms. The van der Waals surface area contributed by atoms with Gasteiger partial charge in [-0.2, -0.15) is 0 Å². The van der Waals surface area contributed by atoms with Gasteiger partial charge in [0.2, 0.25) is 0 Å². The van der Waals surface area contributed by atoms with Crippen LogP contribution in [0.15, 0.2) is 35.9 Å². The third kappa shape index (κ3) is 3.81. The number of hydrogen-bond acceptors (Lipinski definition) is 6. The summed E-state index contributed by atoms with van der Waals surface area (Å²) in [4.78, 5) is 28.0. The molecule has 0 amide bonds. The van der Waals surface area contributed by atoms with Gasteiger partial charge >= 0.3 is 5.97 Å². The number of piperazine rings is 1. The van der Waals surface area contributed by atoms with Gasteiger partial charge in [-0.25, -0.2) is 0 Å². The molecular formula is C25H33N3O4. The zero-order valence-electron chi connectivity index (χ0n) is 19.0. The highest BCUT2D eigenvalue weighted by Crippen LogP contribution is 2.54. The van der Waals surface area contributed by atoms with Crippen LogP contribution in [0.25, 0.3) is 0 Å². The van der Waals surface area contributed by atoms with E-state index < -0.39 is 0 Å². The summed E-state index contributed by atoms with van der Waals surface area (Å²) in [7, 11) is 0. The predicted octanol–water partition coefficient (Wildman–Crippen LogP) is 4.03. The predicted molar refractivity (Wildman–Crippen MR) is 122 cm³/mol. The van der Waals surface area contributed by atoms with Crippen LogP contribution >= 0.6 is 0 Å².